The molecule has 0 aliphatic carbocycles. The Morgan fingerprint density at radius 2 is 1.89 bits per heavy atom. The molecule has 2 heterocycles. The Kier molecular flexibility index (Phi) is 6.88. The van der Waals surface area contributed by atoms with Gasteiger partial charge in [0, 0.05) is 16.5 Å². The van der Waals surface area contributed by atoms with Gasteiger partial charge in [0.15, 0.2) is 5.13 Å². The first-order valence-electron chi connectivity index (χ1n) is 11.3. The van der Waals surface area contributed by atoms with Gasteiger partial charge in [0.2, 0.25) is 5.91 Å². The molecule has 1 atom stereocenters. The van der Waals surface area contributed by atoms with E-state index in [-0.39, 0.29) is 13.1 Å². The van der Waals surface area contributed by atoms with E-state index in [1.54, 1.807) is 14.0 Å². The number of hydrogen-bond acceptors (Lipinski definition) is 6. The first-order valence-corrected chi connectivity index (χ1v) is 12.2. The van der Waals surface area contributed by atoms with Crippen molar-refractivity contribution in [2.24, 2.45) is 0 Å². The zero-order valence-corrected chi connectivity index (χ0v) is 21.0. The van der Waals surface area contributed by atoms with E-state index in [0.717, 1.165) is 27.3 Å². The van der Waals surface area contributed by atoms with Crippen LogP contribution in [0.2, 0.25) is 0 Å². The number of anilines is 1. The van der Waals surface area contributed by atoms with Gasteiger partial charge in [0.05, 0.1) is 19.3 Å². The second-order valence-corrected chi connectivity index (χ2v) is 9.52. The van der Waals surface area contributed by atoms with Crippen LogP contribution in [0.15, 0.2) is 53.9 Å². The first kappa shape index (κ1) is 24.4. The number of nitrogens with one attached hydrogen (secondary N) is 1. The summed E-state index contributed by atoms with van der Waals surface area (Å²) in [6.07, 6.45) is 0.430. The summed E-state index contributed by atoms with van der Waals surface area (Å²) in [5.74, 6) is -0.186. The molecule has 0 bridgehead atoms. The predicted molar refractivity (Wildman–Crippen MR) is 135 cm³/mol. The Balaban J connectivity index is 1.66. The van der Waals surface area contributed by atoms with Crippen molar-refractivity contribution in [2.75, 3.05) is 18.6 Å². The number of methoxy groups -OCH3 is 1. The van der Waals surface area contributed by atoms with E-state index in [1.165, 1.54) is 16.2 Å². The maximum absolute atomic E-state index is 13.6. The standard InChI is InChI=1S/C26H28N4O4S/c1-5-26(3)23(32)30(24(33)28-26)15-22(31)29(14-19-8-6-7-9-21(19)34-4)25-27-20(16-35-25)18-12-10-17(2)11-13-18/h6-13,16H,5,14-15H2,1-4H3,(H,28,33)/t26-/m1/s1. The highest BCUT2D eigenvalue weighted by Gasteiger charge is 2.47. The van der Waals surface area contributed by atoms with E-state index in [1.807, 2.05) is 67.8 Å². The fraction of sp³-hybridized carbons (Fsp3) is 0.308. The summed E-state index contributed by atoms with van der Waals surface area (Å²) in [5.41, 5.74) is 2.60. The Hall–Kier alpha value is -3.72. The molecule has 4 rings (SSSR count). The van der Waals surface area contributed by atoms with Crippen LogP contribution in [-0.2, 0) is 16.1 Å². The van der Waals surface area contributed by atoms with Crippen molar-refractivity contribution in [1.29, 1.82) is 0 Å². The number of urea groups is 1. The van der Waals surface area contributed by atoms with Crippen molar-refractivity contribution in [3.63, 3.8) is 0 Å². The van der Waals surface area contributed by atoms with Gasteiger partial charge in [0.25, 0.3) is 5.91 Å². The second kappa shape index (κ2) is 9.87. The van der Waals surface area contributed by atoms with E-state index in [4.69, 9.17) is 9.72 Å². The number of aromatic nitrogens is 1. The Labute approximate surface area is 208 Å². The minimum Gasteiger partial charge on any atom is -0.496 e. The zero-order valence-electron chi connectivity index (χ0n) is 20.2. The number of imide groups is 1. The molecule has 9 heteroatoms. The van der Waals surface area contributed by atoms with Crippen LogP contribution in [0.5, 0.6) is 5.75 Å². The largest absolute Gasteiger partial charge is 0.496 e. The van der Waals surface area contributed by atoms with Crippen molar-refractivity contribution < 1.29 is 19.1 Å². The van der Waals surface area contributed by atoms with E-state index in [2.05, 4.69) is 5.32 Å². The summed E-state index contributed by atoms with van der Waals surface area (Å²) in [5, 5.41) is 5.06. The van der Waals surface area contributed by atoms with Gasteiger partial charge in [-0.3, -0.25) is 19.4 Å². The summed E-state index contributed by atoms with van der Waals surface area (Å²) in [4.78, 5) is 46.2. The fourth-order valence-corrected chi connectivity index (χ4v) is 4.71. The molecular formula is C26H28N4O4S. The number of rotatable bonds is 8. The molecule has 8 nitrogen and oxygen atoms in total. The van der Waals surface area contributed by atoms with Gasteiger partial charge in [0.1, 0.15) is 17.8 Å². The molecule has 1 aliphatic heterocycles. The van der Waals surface area contributed by atoms with Crippen molar-refractivity contribution in [3.05, 3.63) is 65.0 Å². The van der Waals surface area contributed by atoms with Crippen molar-refractivity contribution in [3.8, 4) is 17.0 Å². The number of carbonyl (C=O) groups is 3. The van der Waals surface area contributed by atoms with Crippen molar-refractivity contribution in [1.82, 2.24) is 15.2 Å². The monoisotopic (exact) mass is 492 g/mol. The maximum Gasteiger partial charge on any atom is 0.325 e. The van der Waals surface area contributed by atoms with Gasteiger partial charge in [-0.15, -0.1) is 11.3 Å². The molecule has 35 heavy (non-hydrogen) atoms. The van der Waals surface area contributed by atoms with Crippen LogP contribution < -0.4 is 15.0 Å². The molecule has 1 N–H and O–H groups in total. The lowest BCUT2D eigenvalue weighted by Gasteiger charge is -2.24. The number of para-hydroxylation sites is 1. The van der Waals surface area contributed by atoms with Gasteiger partial charge in [-0.05, 0) is 26.3 Å². The molecule has 0 unspecified atom stereocenters. The molecule has 0 spiro atoms. The van der Waals surface area contributed by atoms with Crippen molar-refractivity contribution >= 4 is 34.3 Å². The Morgan fingerprint density at radius 1 is 1.17 bits per heavy atom. The lowest BCUT2D eigenvalue weighted by atomic mass is 9.99. The minimum absolute atomic E-state index is 0.179. The lowest BCUT2D eigenvalue weighted by molar-refractivity contribution is -0.134. The zero-order chi connectivity index (χ0) is 25.2. The Morgan fingerprint density at radius 3 is 2.54 bits per heavy atom. The molecule has 1 aliphatic rings. The van der Waals surface area contributed by atoms with Crippen LogP contribution in [0.4, 0.5) is 9.93 Å². The van der Waals surface area contributed by atoms with Gasteiger partial charge in [-0.1, -0.05) is 55.0 Å². The topological polar surface area (TPSA) is 91.8 Å². The summed E-state index contributed by atoms with van der Waals surface area (Å²) < 4.78 is 5.47. The number of carbonyl (C=O) groups excluding carboxylic acids is 3. The number of thiazole rings is 1. The third kappa shape index (κ3) is 4.90. The van der Waals surface area contributed by atoms with Crippen LogP contribution >= 0.6 is 11.3 Å². The van der Waals surface area contributed by atoms with Gasteiger partial charge in [-0.25, -0.2) is 9.78 Å². The third-order valence-electron chi connectivity index (χ3n) is 6.24. The molecule has 1 saturated heterocycles. The summed E-state index contributed by atoms with van der Waals surface area (Å²) >= 11 is 1.33. The van der Waals surface area contributed by atoms with E-state index in [9.17, 15) is 14.4 Å². The van der Waals surface area contributed by atoms with Crippen LogP contribution in [-0.4, -0.2) is 46.9 Å². The molecule has 0 saturated carbocycles. The van der Waals surface area contributed by atoms with E-state index < -0.39 is 23.4 Å². The van der Waals surface area contributed by atoms with Gasteiger partial charge >= 0.3 is 6.03 Å². The summed E-state index contributed by atoms with van der Waals surface area (Å²) in [6.45, 7) is 5.30. The molecule has 1 fully saturated rings. The second-order valence-electron chi connectivity index (χ2n) is 8.68. The SMILES string of the molecule is CC[C@@]1(C)NC(=O)N(CC(=O)N(Cc2ccccc2OC)c2nc(-c3ccc(C)cc3)cs2)C1=O. The third-order valence-corrected chi connectivity index (χ3v) is 7.10. The fourth-order valence-electron chi connectivity index (χ4n) is 3.86. The average Bonchev–Trinajstić information content (AvgIpc) is 3.42. The number of nitrogens with zero attached hydrogens (tertiary/aromatic N) is 3. The molecule has 0 radical (unpaired) electrons. The van der Waals surface area contributed by atoms with Gasteiger partial charge < -0.3 is 10.1 Å². The van der Waals surface area contributed by atoms with E-state index >= 15 is 0 Å². The highest BCUT2D eigenvalue weighted by Crippen LogP contribution is 2.31. The van der Waals surface area contributed by atoms with Crippen LogP contribution in [0.25, 0.3) is 11.3 Å². The maximum atomic E-state index is 13.6. The molecule has 3 aromatic rings. The smallest absolute Gasteiger partial charge is 0.325 e. The predicted octanol–water partition coefficient (Wildman–Crippen LogP) is 4.38. The van der Waals surface area contributed by atoms with Crippen LogP contribution in [0, 0.1) is 6.92 Å². The summed E-state index contributed by atoms with van der Waals surface area (Å²) in [7, 11) is 1.57. The highest BCUT2D eigenvalue weighted by molar-refractivity contribution is 7.14. The molecule has 1 aromatic heterocycles. The highest BCUT2D eigenvalue weighted by atomic mass is 32.1. The molecule has 2 aromatic carbocycles. The molecular weight excluding hydrogens is 464 g/mol. The number of amides is 4. The molecule has 182 valence electrons. The Bertz CT molecular complexity index is 1260. The number of benzene rings is 2. The molecule has 4 amide bonds. The van der Waals surface area contributed by atoms with Gasteiger partial charge in [-0.2, -0.15) is 0 Å². The summed E-state index contributed by atoms with van der Waals surface area (Å²) in [6, 6.07) is 14.8. The van der Waals surface area contributed by atoms with E-state index in [0.29, 0.717) is 17.3 Å². The number of ether oxygens (including phenoxy) is 1. The lowest BCUT2D eigenvalue weighted by Crippen LogP contribution is -2.45. The quantitative estimate of drug-likeness (QED) is 0.471. The minimum atomic E-state index is -1.01. The van der Waals surface area contributed by atoms with Crippen molar-refractivity contribution in [2.45, 2.75) is 39.3 Å². The number of hydrogen-bond donors (Lipinski definition) is 1. The average molecular weight is 493 g/mol. The van der Waals surface area contributed by atoms with Crippen LogP contribution in [0.1, 0.15) is 31.4 Å². The normalized spacial score (nSPS) is 17.4. The first-order chi connectivity index (χ1) is 16.8. The number of aryl methyl sites for hydroxylation is 1. The van der Waals surface area contributed by atoms with Crippen LogP contribution in [0.3, 0.4) is 0 Å².